The van der Waals surface area contributed by atoms with Gasteiger partial charge in [0.2, 0.25) is 0 Å². The maximum Gasteiger partial charge on any atom is 0.121 e. The second-order valence-electron chi connectivity index (χ2n) is 3.56. The van der Waals surface area contributed by atoms with Crippen LogP contribution in [0.3, 0.4) is 0 Å². The zero-order chi connectivity index (χ0) is 10.6. The fraction of sp³-hybridized carbons (Fsp3) is 0.455. The van der Waals surface area contributed by atoms with E-state index in [2.05, 4.69) is 0 Å². The Hall–Kier alpha value is -1.22. The number of benzene rings is 1. The first-order chi connectivity index (χ1) is 6.63. The van der Waals surface area contributed by atoms with Crippen LogP contribution in [0.5, 0.6) is 5.75 Å². The van der Waals surface area contributed by atoms with Crippen molar-refractivity contribution in [3.8, 4) is 5.75 Å². The molecule has 1 rings (SSSR count). The third-order valence-corrected chi connectivity index (χ3v) is 2.00. The van der Waals surface area contributed by atoms with Gasteiger partial charge in [-0.2, -0.15) is 0 Å². The van der Waals surface area contributed by atoms with E-state index < -0.39 is 0 Å². The summed E-state index contributed by atoms with van der Waals surface area (Å²) in [5, 5.41) is 0. The average Bonchev–Trinajstić information content (AvgIpc) is 2.18. The first-order valence-corrected chi connectivity index (χ1v) is 4.77. The number of anilines is 1. The smallest absolute Gasteiger partial charge is 0.121 e. The zero-order valence-corrected chi connectivity index (χ0v) is 9.03. The Balaban J connectivity index is 2.73. The summed E-state index contributed by atoms with van der Waals surface area (Å²) in [6.07, 6.45) is 0.0624. The first-order valence-electron chi connectivity index (χ1n) is 4.77. The van der Waals surface area contributed by atoms with E-state index in [9.17, 15) is 0 Å². The summed E-state index contributed by atoms with van der Waals surface area (Å²) in [4.78, 5) is 2.04. The lowest BCUT2D eigenvalue weighted by atomic mass is 10.3. The first kappa shape index (κ1) is 10.9. The number of nitrogens with zero attached hydrogens (tertiary/aromatic N) is 1. The number of ether oxygens (including phenoxy) is 1. The fourth-order valence-corrected chi connectivity index (χ4v) is 1.12. The molecule has 0 aromatic heterocycles. The SMILES string of the molecule is CC(CN)Oc1cccc(N(C)C)c1. The lowest BCUT2D eigenvalue weighted by Crippen LogP contribution is -2.22. The van der Waals surface area contributed by atoms with Crippen LogP contribution in [0.1, 0.15) is 6.92 Å². The second-order valence-corrected chi connectivity index (χ2v) is 3.56. The quantitative estimate of drug-likeness (QED) is 0.789. The molecule has 0 radical (unpaired) electrons. The molecule has 0 saturated heterocycles. The van der Waals surface area contributed by atoms with Gasteiger partial charge in [0, 0.05) is 32.4 Å². The molecule has 1 atom stereocenters. The Bertz CT molecular complexity index is 286. The van der Waals surface area contributed by atoms with E-state index in [1.807, 2.05) is 50.2 Å². The second kappa shape index (κ2) is 4.86. The molecule has 0 amide bonds. The molecule has 0 heterocycles. The topological polar surface area (TPSA) is 38.5 Å². The van der Waals surface area contributed by atoms with Crippen LogP contribution in [0, 0.1) is 0 Å². The van der Waals surface area contributed by atoms with E-state index in [4.69, 9.17) is 10.5 Å². The Kier molecular flexibility index (Phi) is 3.77. The number of hydrogen-bond acceptors (Lipinski definition) is 3. The summed E-state index contributed by atoms with van der Waals surface area (Å²) in [5.41, 5.74) is 6.61. The summed E-state index contributed by atoms with van der Waals surface area (Å²) in [7, 11) is 4.01. The van der Waals surface area contributed by atoms with E-state index in [-0.39, 0.29) is 6.10 Å². The van der Waals surface area contributed by atoms with Crippen LogP contribution < -0.4 is 15.4 Å². The molecule has 3 nitrogen and oxygen atoms in total. The zero-order valence-electron chi connectivity index (χ0n) is 9.03. The van der Waals surface area contributed by atoms with Gasteiger partial charge in [0.05, 0.1) is 0 Å². The molecule has 0 fully saturated rings. The third-order valence-electron chi connectivity index (χ3n) is 2.00. The van der Waals surface area contributed by atoms with Gasteiger partial charge in [-0.3, -0.25) is 0 Å². The minimum Gasteiger partial charge on any atom is -0.489 e. The Labute approximate surface area is 85.5 Å². The van der Waals surface area contributed by atoms with Crippen LogP contribution in [0.2, 0.25) is 0 Å². The molecule has 14 heavy (non-hydrogen) atoms. The molecular formula is C11H18N2O. The molecule has 0 bridgehead atoms. The predicted molar refractivity (Wildman–Crippen MR) is 59.9 cm³/mol. The molecule has 78 valence electrons. The molecule has 0 spiro atoms. The number of hydrogen-bond donors (Lipinski definition) is 1. The highest BCUT2D eigenvalue weighted by atomic mass is 16.5. The van der Waals surface area contributed by atoms with E-state index in [0.717, 1.165) is 11.4 Å². The van der Waals surface area contributed by atoms with Crippen molar-refractivity contribution < 1.29 is 4.74 Å². The van der Waals surface area contributed by atoms with Crippen LogP contribution in [0.15, 0.2) is 24.3 Å². The summed E-state index contributed by atoms with van der Waals surface area (Å²) < 4.78 is 5.60. The molecule has 3 heteroatoms. The van der Waals surface area contributed by atoms with Gasteiger partial charge in [0.15, 0.2) is 0 Å². The van der Waals surface area contributed by atoms with Crippen LogP contribution in [-0.4, -0.2) is 26.7 Å². The van der Waals surface area contributed by atoms with Gasteiger partial charge in [-0.25, -0.2) is 0 Å². The maximum absolute atomic E-state index is 5.60. The largest absolute Gasteiger partial charge is 0.489 e. The van der Waals surface area contributed by atoms with Gasteiger partial charge < -0.3 is 15.4 Å². The predicted octanol–water partition coefficient (Wildman–Crippen LogP) is 1.48. The van der Waals surface area contributed by atoms with Crippen molar-refractivity contribution in [2.75, 3.05) is 25.5 Å². The monoisotopic (exact) mass is 194 g/mol. The van der Waals surface area contributed by atoms with Crippen molar-refractivity contribution in [1.29, 1.82) is 0 Å². The Morgan fingerprint density at radius 1 is 1.43 bits per heavy atom. The van der Waals surface area contributed by atoms with E-state index in [0.29, 0.717) is 6.54 Å². The molecule has 1 unspecified atom stereocenters. The van der Waals surface area contributed by atoms with Crippen molar-refractivity contribution in [2.24, 2.45) is 5.73 Å². The minimum atomic E-state index is 0.0624. The highest BCUT2D eigenvalue weighted by Crippen LogP contribution is 2.19. The molecule has 1 aromatic carbocycles. The lowest BCUT2D eigenvalue weighted by Gasteiger charge is -2.16. The highest BCUT2D eigenvalue weighted by Gasteiger charge is 2.02. The lowest BCUT2D eigenvalue weighted by molar-refractivity contribution is 0.230. The minimum absolute atomic E-state index is 0.0624. The van der Waals surface area contributed by atoms with Crippen LogP contribution in [0.4, 0.5) is 5.69 Å². The van der Waals surface area contributed by atoms with Crippen LogP contribution in [0.25, 0.3) is 0 Å². The molecule has 1 aromatic rings. The number of nitrogens with two attached hydrogens (primary N) is 1. The summed E-state index contributed by atoms with van der Waals surface area (Å²) in [6.45, 7) is 2.49. The molecule has 0 aliphatic rings. The average molecular weight is 194 g/mol. The van der Waals surface area contributed by atoms with Crippen molar-refractivity contribution in [3.63, 3.8) is 0 Å². The maximum atomic E-state index is 5.60. The summed E-state index contributed by atoms with van der Waals surface area (Å²) >= 11 is 0. The van der Waals surface area contributed by atoms with Gasteiger partial charge >= 0.3 is 0 Å². The van der Waals surface area contributed by atoms with Crippen molar-refractivity contribution in [3.05, 3.63) is 24.3 Å². The third kappa shape index (κ3) is 2.92. The van der Waals surface area contributed by atoms with Crippen molar-refractivity contribution >= 4 is 5.69 Å². The normalized spacial score (nSPS) is 12.3. The number of rotatable bonds is 4. The highest BCUT2D eigenvalue weighted by molar-refractivity contribution is 5.49. The van der Waals surface area contributed by atoms with E-state index in [1.54, 1.807) is 0 Å². The Morgan fingerprint density at radius 2 is 2.14 bits per heavy atom. The van der Waals surface area contributed by atoms with Crippen LogP contribution >= 0.6 is 0 Å². The molecule has 0 saturated carbocycles. The van der Waals surface area contributed by atoms with Gasteiger partial charge in [0.25, 0.3) is 0 Å². The van der Waals surface area contributed by atoms with Gasteiger partial charge in [-0.1, -0.05) is 6.07 Å². The van der Waals surface area contributed by atoms with Gasteiger partial charge in [0.1, 0.15) is 11.9 Å². The van der Waals surface area contributed by atoms with Crippen molar-refractivity contribution in [1.82, 2.24) is 0 Å². The van der Waals surface area contributed by atoms with Gasteiger partial charge in [-0.15, -0.1) is 0 Å². The summed E-state index contributed by atoms with van der Waals surface area (Å²) in [6, 6.07) is 7.97. The molecular weight excluding hydrogens is 176 g/mol. The van der Waals surface area contributed by atoms with E-state index >= 15 is 0 Å². The van der Waals surface area contributed by atoms with Gasteiger partial charge in [-0.05, 0) is 19.1 Å². The van der Waals surface area contributed by atoms with Crippen LogP contribution in [-0.2, 0) is 0 Å². The molecule has 0 aliphatic heterocycles. The Morgan fingerprint density at radius 3 is 2.71 bits per heavy atom. The standard InChI is InChI=1S/C11H18N2O/c1-9(8-12)14-11-6-4-5-10(7-11)13(2)3/h4-7,9H,8,12H2,1-3H3. The van der Waals surface area contributed by atoms with Crippen molar-refractivity contribution in [2.45, 2.75) is 13.0 Å². The summed E-state index contributed by atoms with van der Waals surface area (Å²) in [5.74, 6) is 0.870. The van der Waals surface area contributed by atoms with E-state index in [1.165, 1.54) is 0 Å². The molecule has 2 N–H and O–H groups in total. The fourth-order valence-electron chi connectivity index (χ4n) is 1.12. The molecule has 0 aliphatic carbocycles.